The fourth-order valence-electron chi connectivity index (χ4n) is 2.19. The molecule has 0 amide bonds. The van der Waals surface area contributed by atoms with Crippen LogP contribution in [0.5, 0.6) is 0 Å². The predicted octanol–water partition coefficient (Wildman–Crippen LogP) is 3.99. The van der Waals surface area contributed by atoms with E-state index in [0.29, 0.717) is 8.83 Å². The number of hydrogen-bond acceptors (Lipinski definition) is 0. The zero-order chi connectivity index (χ0) is 12.4. The number of rotatable bonds is 2. The van der Waals surface area contributed by atoms with E-state index < -0.39 is 0 Å². The molecule has 0 heterocycles. The number of halogens is 1. The van der Waals surface area contributed by atoms with Gasteiger partial charge >= 0.3 is 0 Å². The molecule has 0 aliphatic carbocycles. The molecule has 0 unspecified atom stereocenters. The molecule has 0 aliphatic heterocycles. The lowest BCUT2D eigenvalue weighted by Gasteiger charge is -2.07. The molecule has 0 bridgehead atoms. The van der Waals surface area contributed by atoms with Crippen LogP contribution in [0.3, 0.4) is 0 Å². The van der Waals surface area contributed by atoms with Crippen LogP contribution in [0.25, 0.3) is 21.9 Å². The quantitative estimate of drug-likeness (QED) is 0.486. The highest BCUT2D eigenvalue weighted by Crippen LogP contribution is 2.27. The highest BCUT2D eigenvalue weighted by molar-refractivity contribution is 7.01. The van der Waals surface area contributed by atoms with Crippen LogP contribution < -0.4 is 5.19 Å². The minimum Gasteiger partial charge on any atom is -0.165 e. The van der Waals surface area contributed by atoms with Crippen LogP contribution >= 0.6 is 11.1 Å². The second-order valence-electron chi connectivity index (χ2n) is 4.20. The van der Waals surface area contributed by atoms with Crippen molar-refractivity contribution in [2.45, 2.75) is 0 Å². The van der Waals surface area contributed by atoms with Gasteiger partial charge in [-0.1, -0.05) is 66.7 Å². The molecule has 0 nitrogen and oxygen atoms in total. The van der Waals surface area contributed by atoms with Crippen molar-refractivity contribution in [2.24, 2.45) is 0 Å². The third kappa shape index (κ3) is 2.07. The molecule has 2 radical (unpaired) electrons. The average Bonchev–Trinajstić information content (AvgIpc) is 2.47. The van der Waals surface area contributed by atoms with E-state index in [2.05, 4.69) is 66.7 Å². The summed E-state index contributed by atoms with van der Waals surface area (Å²) in [4.78, 5) is 0. The van der Waals surface area contributed by atoms with Crippen molar-refractivity contribution in [1.82, 2.24) is 0 Å². The summed E-state index contributed by atoms with van der Waals surface area (Å²) in [6.07, 6.45) is 0. The molecule has 0 N–H and O–H groups in total. The summed E-state index contributed by atoms with van der Waals surface area (Å²) in [5, 5.41) is 3.75. The highest BCUT2D eigenvalue weighted by Gasteiger charge is 2.03. The molecular weight excluding hydrogens is 256 g/mol. The SMILES string of the molecule is Cl[Si]c1ccc(-c2cccc3ccccc23)cc1. The molecule has 2 heteroatoms. The van der Waals surface area contributed by atoms with E-state index in [1.807, 2.05) is 0 Å². The van der Waals surface area contributed by atoms with E-state index in [1.165, 1.54) is 27.1 Å². The van der Waals surface area contributed by atoms with Gasteiger partial charge in [0.2, 0.25) is 8.83 Å². The van der Waals surface area contributed by atoms with Gasteiger partial charge in [-0.2, -0.15) is 11.1 Å². The first-order valence-electron chi connectivity index (χ1n) is 5.83. The molecule has 0 aromatic heterocycles. The Hall–Kier alpha value is -1.57. The molecule has 3 rings (SSSR count). The van der Waals surface area contributed by atoms with Crippen LogP contribution in [0.15, 0.2) is 66.7 Å². The molecule has 18 heavy (non-hydrogen) atoms. The van der Waals surface area contributed by atoms with Gasteiger partial charge in [-0.3, -0.25) is 0 Å². The second-order valence-corrected chi connectivity index (χ2v) is 5.53. The Kier molecular flexibility index (Phi) is 3.18. The summed E-state index contributed by atoms with van der Waals surface area (Å²) < 4.78 is 0. The minimum absolute atomic E-state index is 0.338. The second kappa shape index (κ2) is 4.97. The van der Waals surface area contributed by atoms with E-state index in [-0.39, 0.29) is 0 Å². The van der Waals surface area contributed by atoms with Crippen molar-refractivity contribution >= 4 is 35.9 Å². The van der Waals surface area contributed by atoms with Crippen molar-refractivity contribution in [2.75, 3.05) is 0 Å². The minimum atomic E-state index is 0.338. The lowest BCUT2D eigenvalue weighted by molar-refractivity contribution is 1.67. The van der Waals surface area contributed by atoms with Crippen molar-refractivity contribution in [3.8, 4) is 11.1 Å². The first-order chi connectivity index (χ1) is 8.88. The standard InChI is InChI=1S/C16H11ClSi/c17-18-14-10-8-13(9-11-14)16-7-3-5-12-4-1-2-6-15(12)16/h1-11H. The van der Waals surface area contributed by atoms with Crippen LogP contribution in [0.4, 0.5) is 0 Å². The van der Waals surface area contributed by atoms with Gasteiger partial charge in [-0.25, -0.2) is 0 Å². The van der Waals surface area contributed by atoms with Crippen LogP contribution in [0, 0.1) is 0 Å². The summed E-state index contributed by atoms with van der Waals surface area (Å²) in [5.41, 5.74) is 2.52. The van der Waals surface area contributed by atoms with Gasteiger partial charge in [-0.05, 0) is 27.1 Å². The Balaban J connectivity index is 2.18. The van der Waals surface area contributed by atoms with Crippen LogP contribution in [-0.4, -0.2) is 8.83 Å². The van der Waals surface area contributed by atoms with Gasteiger partial charge in [0.25, 0.3) is 0 Å². The largest absolute Gasteiger partial charge is 0.210 e. The van der Waals surface area contributed by atoms with Crippen LogP contribution in [0.2, 0.25) is 0 Å². The highest BCUT2D eigenvalue weighted by atomic mass is 35.6. The molecule has 0 atom stereocenters. The molecule has 0 saturated heterocycles. The third-order valence-electron chi connectivity index (χ3n) is 3.09. The maximum Gasteiger partial charge on any atom is 0.210 e. The number of hydrogen-bond donors (Lipinski definition) is 0. The Morgan fingerprint density at radius 2 is 1.44 bits per heavy atom. The average molecular weight is 267 g/mol. The molecule has 0 saturated carbocycles. The van der Waals surface area contributed by atoms with Gasteiger partial charge in [0.15, 0.2) is 0 Å². The van der Waals surface area contributed by atoms with Gasteiger partial charge in [0.05, 0.1) is 0 Å². The number of fused-ring (bicyclic) bond motifs is 1. The predicted molar refractivity (Wildman–Crippen MR) is 80.6 cm³/mol. The number of benzene rings is 3. The van der Waals surface area contributed by atoms with Gasteiger partial charge in [0.1, 0.15) is 0 Å². The van der Waals surface area contributed by atoms with Gasteiger partial charge in [-0.15, -0.1) is 0 Å². The molecule has 86 valence electrons. The topological polar surface area (TPSA) is 0 Å². The summed E-state index contributed by atoms with van der Waals surface area (Å²) in [7, 11) is 0.338. The first kappa shape index (κ1) is 11.5. The monoisotopic (exact) mass is 266 g/mol. The van der Waals surface area contributed by atoms with Crippen LogP contribution in [-0.2, 0) is 0 Å². The summed E-state index contributed by atoms with van der Waals surface area (Å²) in [5.74, 6) is 0. The normalized spacial score (nSPS) is 10.7. The molecule has 3 aromatic carbocycles. The van der Waals surface area contributed by atoms with Crippen molar-refractivity contribution in [3.63, 3.8) is 0 Å². The van der Waals surface area contributed by atoms with E-state index >= 15 is 0 Å². The first-order valence-corrected chi connectivity index (χ1v) is 7.84. The van der Waals surface area contributed by atoms with Gasteiger partial charge < -0.3 is 0 Å². The summed E-state index contributed by atoms with van der Waals surface area (Å²) >= 11 is 5.85. The molecular formula is C16H11ClSi. The zero-order valence-electron chi connectivity index (χ0n) is 9.73. The van der Waals surface area contributed by atoms with Crippen molar-refractivity contribution < 1.29 is 0 Å². The van der Waals surface area contributed by atoms with E-state index in [9.17, 15) is 0 Å². The fraction of sp³-hybridized carbons (Fsp3) is 0. The van der Waals surface area contributed by atoms with E-state index in [1.54, 1.807) is 0 Å². The van der Waals surface area contributed by atoms with E-state index in [4.69, 9.17) is 11.1 Å². The van der Waals surface area contributed by atoms with Gasteiger partial charge in [0, 0.05) is 0 Å². The third-order valence-corrected chi connectivity index (χ3v) is 4.30. The molecule has 3 aromatic rings. The Bertz CT molecular complexity index is 669. The molecule has 0 spiro atoms. The summed E-state index contributed by atoms with van der Waals surface area (Å²) in [6, 6.07) is 23.4. The van der Waals surface area contributed by atoms with Crippen molar-refractivity contribution in [3.05, 3.63) is 66.7 Å². The fourth-order valence-corrected chi connectivity index (χ4v) is 2.86. The molecule has 0 fully saturated rings. The smallest absolute Gasteiger partial charge is 0.165 e. The zero-order valence-corrected chi connectivity index (χ0v) is 11.5. The lowest BCUT2D eigenvalue weighted by Crippen LogP contribution is -2.06. The maximum absolute atomic E-state index is 5.85. The maximum atomic E-state index is 5.85. The Labute approximate surface area is 114 Å². The van der Waals surface area contributed by atoms with E-state index in [0.717, 1.165) is 0 Å². The lowest BCUT2D eigenvalue weighted by atomic mass is 9.98. The molecule has 0 aliphatic rings. The van der Waals surface area contributed by atoms with Crippen LogP contribution in [0.1, 0.15) is 0 Å². The summed E-state index contributed by atoms with van der Waals surface area (Å²) in [6.45, 7) is 0. The van der Waals surface area contributed by atoms with Crippen molar-refractivity contribution in [1.29, 1.82) is 0 Å². The Morgan fingerprint density at radius 3 is 2.22 bits per heavy atom. The Morgan fingerprint density at radius 1 is 0.722 bits per heavy atom.